The van der Waals surface area contributed by atoms with Crippen LogP contribution < -0.4 is 14.8 Å². The van der Waals surface area contributed by atoms with E-state index in [4.69, 9.17) is 9.47 Å². The molecule has 4 rings (SSSR count). The fourth-order valence-electron chi connectivity index (χ4n) is 3.12. The van der Waals surface area contributed by atoms with Crippen molar-refractivity contribution in [3.8, 4) is 22.2 Å². The van der Waals surface area contributed by atoms with E-state index >= 15 is 0 Å². The van der Waals surface area contributed by atoms with Gasteiger partial charge in [0.25, 0.3) is 0 Å². The Morgan fingerprint density at radius 3 is 3.17 bits per heavy atom. The van der Waals surface area contributed by atoms with Gasteiger partial charge in [-0.25, -0.2) is 4.98 Å². The van der Waals surface area contributed by atoms with Crippen molar-refractivity contribution in [3.63, 3.8) is 0 Å². The quantitative estimate of drug-likeness (QED) is 0.530. The molecule has 2 aromatic heterocycles. The smallest absolute Gasteiger partial charge is 0.230 e. The number of carbonyl (C=O) groups excluding carboxylic acids is 1. The van der Waals surface area contributed by atoms with E-state index in [1.54, 1.807) is 11.3 Å². The molecule has 3 heterocycles. The standard InChI is InChI=1S/C20H22N4O3S2/c1-3-26-15-8-13-7-12(2)27-16(13)9-14(15)10-21-18(25)11-29-20-22-19(23-24-20)17-5-4-6-28-17/h4-6,8-9,12H,3,7,10-11H2,1-2H3,(H,21,25)(H,22,23,24)/t12-/m0/s1. The van der Waals surface area contributed by atoms with Crippen LogP contribution in [0.1, 0.15) is 25.0 Å². The van der Waals surface area contributed by atoms with E-state index in [1.165, 1.54) is 11.8 Å². The molecule has 1 atom stereocenters. The van der Waals surface area contributed by atoms with E-state index in [1.807, 2.05) is 43.5 Å². The van der Waals surface area contributed by atoms with Crippen molar-refractivity contribution in [1.29, 1.82) is 0 Å². The Morgan fingerprint density at radius 2 is 2.38 bits per heavy atom. The molecule has 3 aromatic rings. The predicted octanol–water partition coefficient (Wildman–Crippen LogP) is 3.66. The van der Waals surface area contributed by atoms with Gasteiger partial charge in [-0.1, -0.05) is 17.8 Å². The highest BCUT2D eigenvalue weighted by Gasteiger charge is 2.22. The van der Waals surface area contributed by atoms with Gasteiger partial charge in [0.1, 0.15) is 17.6 Å². The van der Waals surface area contributed by atoms with Gasteiger partial charge < -0.3 is 14.8 Å². The van der Waals surface area contributed by atoms with Crippen LogP contribution >= 0.6 is 23.1 Å². The van der Waals surface area contributed by atoms with E-state index < -0.39 is 0 Å². The summed E-state index contributed by atoms with van der Waals surface area (Å²) in [6.45, 7) is 4.95. The number of nitrogens with zero attached hydrogens (tertiary/aromatic N) is 2. The number of H-pyrrole nitrogens is 1. The fraction of sp³-hybridized carbons (Fsp3) is 0.350. The molecule has 1 amide bonds. The first-order valence-electron chi connectivity index (χ1n) is 9.43. The number of hydrogen-bond acceptors (Lipinski definition) is 7. The number of carbonyl (C=O) groups is 1. The number of amides is 1. The van der Waals surface area contributed by atoms with Gasteiger partial charge in [-0.3, -0.25) is 9.89 Å². The fourth-order valence-corrected chi connectivity index (χ4v) is 4.41. The second kappa shape index (κ2) is 8.87. The molecule has 7 nitrogen and oxygen atoms in total. The zero-order chi connectivity index (χ0) is 20.2. The monoisotopic (exact) mass is 430 g/mol. The number of fused-ring (bicyclic) bond motifs is 1. The molecule has 0 aliphatic carbocycles. The van der Waals surface area contributed by atoms with Gasteiger partial charge in [-0.15, -0.1) is 16.4 Å². The first-order valence-corrected chi connectivity index (χ1v) is 11.3. The molecular formula is C20H22N4O3S2. The first-order chi connectivity index (χ1) is 14.1. The average Bonchev–Trinajstić information content (AvgIpc) is 3.44. The second-order valence-electron chi connectivity index (χ2n) is 6.64. The lowest BCUT2D eigenvalue weighted by atomic mass is 10.1. The van der Waals surface area contributed by atoms with Crippen molar-refractivity contribution >= 4 is 29.0 Å². The molecule has 1 aliphatic rings. The minimum absolute atomic E-state index is 0.0882. The average molecular weight is 431 g/mol. The van der Waals surface area contributed by atoms with Crippen molar-refractivity contribution < 1.29 is 14.3 Å². The van der Waals surface area contributed by atoms with Gasteiger partial charge in [0.2, 0.25) is 11.1 Å². The molecule has 0 saturated carbocycles. The summed E-state index contributed by atoms with van der Waals surface area (Å²) >= 11 is 2.89. The number of aromatic nitrogens is 3. The van der Waals surface area contributed by atoms with Crippen molar-refractivity contribution in [1.82, 2.24) is 20.5 Å². The lowest BCUT2D eigenvalue weighted by Crippen LogP contribution is -2.25. The van der Waals surface area contributed by atoms with E-state index in [0.717, 1.165) is 39.7 Å². The molecule has 0 bridgehead atoms. The van der Waals surface area contributed by atoms with Crippen LogP contribution in [-0.4, -0.2) is 39.6 Å². The van der Waals surface area contributed by atoms with Gasteiger partial charge in [-0.05, 0) is 37.4 Å². The SMILES string of the molecule is CCOc1cc2c(cc1CNC(=O)CSc1n[nH]c(-c3cccs3)n1)O[C@@H](C)C2. The topological polar surface area (TPSA) is 89.1 Å². The number of nitrogens with one attached hydrogen (secondary N) is 2. The lowest BCUT2D eigenvalue weighted by Gasteiger charge is -2.13. The molecule has 152 valence electrons. The van der Waals surface area contributed by atoms with Crippen LogP contribution in [-0.2, 0) is 17.8 Å². The van der Waals surface area contributed by atoms with Crippen LogP contribution in [0.5, 0.6) is 11.5 Å². The first kappa shape index (κ1) is 19.8. The zero-order valence-electron chi connectivity index (χ0n) is 16.2. The molecule has 1 aliphatic heterocycles. The van der Waals surface area contributed by atoms with E-state index in [-0.39, 0.29) is 17.8 Å². The van der Waals surface area contributed by atoms with E-state index in [0.29, 0.717) is 18.3 Å². The van der Waals surface area contributed by atoms with Gasteiger partial charge in [0, 0.05) is 24.1 Å². The molecule has 29 heavy (non-hydrogen) atoms. The number of rotatable bonds is 8. The predicted molar refractivity (Wildman–Crippen MR) is 114 cm³/mol. The maximum Gasteiger partial charge on any atom is 0.230 e. The minimum atomic E-state index is -0.0882. The summed E-state index contributed by atoms with van der Waals surface area (Å²) in [4.78, 5) is 17.7. The number of aromatic amines is 1. The molecule has 2 N–H and O–H groups in total. The van der Waals surface area contributed by atoms with Gasteiger partial charge in [-0.2, -0.15) is 0 Å². The van der Waals surface area contributed by atoms with E-state index in [9.17, 15) is 4.79 Å². The zero-order valence-corrected chi connectivity index (χ0v) is 17.9. The molecule has 0 saturated heterocycles. The Bertz CT molecular complexity index is 988. The Labute approximate surface area is 177 Å². The Morgan fingerprint density at radius 1 is 1.48 bits per heavy atom. The summed E-state index contributed by atoms with van der Waals surface area (Å²) in [6.07, 6.45) is 1.05. The maximum atomic E-state index is 12.3. The van der Waals surface area contributed by atoms with Crippen LogP contribution in [0.2, 0.25) is 0 Å². The van der Waals surface area contributed by atoms with Gasteiger partial charge in [0.15, 0.2) is 5.82 Å². The summed E-state index contributed by atoms with van der Waals surface area (Å²) in [5, 5.41) is 12.6. The van der Waals surface area contributed by atoms with Crippen molar-refractivity contribution in [3.05, 3.63) is 40.8 Å². The van der Waals surface area contributed by atoms with Crippen LogP contribution in [0, 0.1) is 0 Å². The van der Waals surface area contributed by atoms with Crippen molar-refractivity contribution in [2.24, 2.45) is 0 Å². The normalized spacial score (nSPS) is 15.0. The molecule has 1 aromatic carbocycles. The Balaban J connectivity index is 1.33. The largest absolute Gasteiger partial charge is 0.494 e. The number of thioether (sulfide) groups is 1. The molecule has 0 unspecified atom stereocenters. The summed E-state index contributed by atoms with van der Waals surface area (Å²) in [7, 11) is 0. The third-order valence-electron chi connectivity index (χ3n) is 4.41. The molecule has 0 fully saturated rings. The van der Waals surface area contributed by atoms with Crippen LogP contribution in [0.3, 0.4) is 0 Å². The molecule has 0 radical (unpaired) electrons. The summed E-state index contributed by atoms with van der Waals surface area (Å²) in [5.41, 5.74) is 2.06. The highest BCUT2D eigenvalue weighted by Crippen LogP contribution is 2.35. The Hall–Kier alpha value is -2.52. The summed E-state index contributed by atoms with van der Waals surface area (Å²) in [5.74, 6) is 2.55. The number of benzene rings is 1. The summed E-state index contributed by atoms with van der Waals surface area (Å²) in [6, 6.07) is 7.94. The highest BCUT2D eigenvalue weighted by atomic mass is 32.2. The third kappa shape index (κ3) is 4.73. The number of thiophene rings is 1. The molecule has 9 heteroatoms. The number of ether oxygens (including phenoxy) is 2. The van der Waals surface area contributed by atoms with Gasteiger partial charge in [0.05, 0.1) is 17.2 Å². The molecule has 0 spiro atoms. The minimum Gasteiger partial charge on any atom is -0.494 e. The van der Waals surface area contributed by atoms with Gasteiger partial charge >= 0.3 is 0 Å². The number of hydrogen-bond donors (Lipinski definition) is 2. The van der Waals surface area contributed by atoms with Crippen LogP contribution in [0.25, 0.3) is 10.7 Å². The Kier molecular flexibility index (Phi) is 6.05. The highest BCUT2D eigenvalue weighted by molar-refractivity contribution is 7.99. The lowest BCUT2D eigenvalue weighted by molar-refractivity contribution is -0.118. The second-order valence-corrected chi connectivity index (χ2v) is 8.53. The van der Waals surface area contributed by atoms with Crippen molar-refractivity contribution in [2.45, 2.75) is 38.1 Å². The molecular weight excluding hydrogens is 408 g/mol. The maximum absolute atomic E-state index is 12.3. The van der Waals surface area contributed by atoms with E-state index in [2.05, 4.69) is 20.5 Å². The van der Waals surface area contributed by atoms with Crippen molar-refractivity contribution in [2.75, 3.05) is 12.4 Å². The van der Waals surface area contributed by atoms with Crippen LogP contribution in [0.15, 0.2) is 34.8 Å². The third-order valence-corrected chi connectivity index (χ3v) is 6.13. The summed E-state index contributed by atoms with van der Waals surface area (Å²) < 4.78 is 11.6. The van der Waals surface area contributed by atoms with Crippen LogP contribution in [0.4, 0.5) is 0 Å².